The molecule has 1 saturated carbocycles. The average Bonchev–Trinajstić information content (AvgIpc) is 2.81. The van der Waals surface area contributed by atoms with Crippen LogP contribution < -0.4 is 0 Å². The minimum Gasteiger partial charge on any atom is -0.480 e. The van der Waals surface area contributed by atoms with Gasteiger partial charge in [-0.3, -0.25) is 4.79 Å². The Labute approximate surface area is 84.7 Å². The van der Waals surface area contributed by atoms with E-state index in [-0.39, 0.29) is 5.92 Å². The summed E-state index contributed by atoms with van der Waals surface area (Å²) in [5, 5.41) is 8.90. The molecule has 0 spiro atoms. The molecule has 1 aromatic carbocycles. The monoisotopic (exact) mass is 240 g/mol. The van der Waals surface area contributed by atoms with Crippen molar-refractivity contribution in [3.63, 3.8) is 0 Å². The first kappa shape index (κ1) is 8.75. The lowest BCUT2D eigenvalue weighted by Gasteiger charge is -2.02. The smallest absolute Gasteiger partial charge is 0.321 e. The van der Waals surface area contributed by atoms with Crippen molar-refractivity contribution >= 4 is 21.9 Å². The topological polar surface area (TPSA) is 37.3 Å². The second-order valence-electron chi connectivity index (χ2n) is 3.34. The molecule has 3 heteroatoms. The number of rotatable bonds is 2. The third-order valence-corrected chi connectivity index (χ3v) is 3.67. The van der Waals surface area contributed by atoms with Gasteiger partial charge in [0.1, 0.15) is 4.32 Å². The number of halogens is 1. The van der Waals surface area contributed by atoms with E-state index in [1.165, 1.54) is 0 Å². The zero-order chi connectivity index (χ0) is 9.47. The van der Waals surface area contributed by atoms with E-state index in [1.807, 2.05) is 30.3 Å². The SMILES string of the molecule is O=C(O)C1(Br)CC1c1ccccc1. The predicted octanol–water partition coefficient (Wildman–Crippen LogP) is 2.39. The number of hydrogen-bond donors (Lipinski definition) is 1. The molecule has 13 heavy (non-hydrogen) atoms. The van der Waals surface area contributed by atoms with Gasteiger partial charge in [0.05, 0.1) is 0 Å². The van der Waals surface area contributed by atoms with E-state index in [0.29, 0.717) is 6.42 Å². The second-order valence-corrected chi connectivity index (χ2v) is 4.75. The highest BCUT2D eigenvalue weighted by molar-refractivity contribution is 9.10. The highest BCUT2D eigenvalue weighted by Crippen LogP contribution is 2.57. The molecule has 2 atom stereocenters. The minimum atomic E-state index is -0.763. The van der Waals surface area contributed by atoms with Crippen LogP contribution in [-0.4, -0.2) is 15.4 Å². The van der Waals surface area contributed by atoms with Gasteiger partial charge in [0, 0.05) is 5.92 Å². The Bertz CT molecular complexity index is 336. The van der Waals surface area contributed by atoms with E-state index in [0.717, 1.165) is 5.56 Å². The molecule has 1 fully saturated rings. The van der Waals surface area contributed by atoms with Crippen molar-refractivity contribution in [1.82, 2.24) is 0 Å². The van der Waals surface area contributed by atoms with Crippen LogP contribution in [0.5, 0.6) is 0 Å². The van der Waals surface area contributed by atoms with Crippen molar-refractivity contribution in [2.24, 2.45) is 0 Å². The lowest BCUT2D eigenvalue weighted by molar-refractivity contribution is -0.137. The number of hydrogen-bond acceptors (Lipinski definition) is 1. The van der Waals surface area contributed by atoms with E-state index in [2.05, 4.69) is 15.9 Å². The van der Waals surface area contributed by atoms with Gasteiger partial charge in [0.15, 0.2) is 0 Å². The molecular weight excluding hydrogens is 232 g/mol. The first-order chi connectivity index (χ1) is 6.14. The molecule has 0 heterocycles. The Morgan fingerprint density at radius 3 is 2.54 bits per heavy atom. The van der Waals surface area contributed by atoms with Gasteiger partial charge in [0.25, 0.3) is 0 Å². The lowest BCUT2D eigenvalue weighted by Crippen LogP contribution is -2.15. The Morgan fingerprint density at radius 2 is 2.08 bits per heavy atom. The number of benzene rings is 1. The van der Waals surface area contributed by atoms with Crippen molar-refractivity contribution in [2.45, 2.75) is 16.7 Å². The molecule has 1 aliphatic rings. The summed E-state index contributed by atoms with van der Waals surface area (Å²) in [6.07, 6.45) is 0.687. The number of carbonyl (C=O) groups is 1. The van der Waals surface area contributed by atoms with Crippen LogP contribution in [0.25, 0.3) is 0 Å². The quantitative estimate of drug-likeness (QED) is 0.807. The molecule has 68 valence electrons. The van der Waals surface area contributed by atoms with Gasteiger partial charge in [-0.15, -0.1) is 0 Å². The van der Waals surface area contributed by atoms with Gasteiger partial charge in [-0.2, -0.15) is 0 Å². The first-order valence-corrected chi connectivity index (χ1v) is 4.91. The molecule has 0 aliphatic heterocycles. The highest BCUT2D eigenvalue weighted by Gasteiger charge is 2.59. The minimum absolute atomic E-state index is 0.131. The fraction of sp³-hybridized carbons (Fsp3) is 0.300. The van der Waals surface area contributed by atoms with Gasteiger partial charge in [-0.05, 0) is 12.0 Å². The molecule has 1 N–H and O–H groups in total. The van der Waals surface area contributed by atoms with Gasteiger partial charge in [-0.1, -0.05) is 46.3 Å². The highest BCUT2D eigenvalue weighted by atomic mass is 79.9. The number of alkyl halides is 1. The fourth-order valence-corrected chi connectivity index (χ4v) is 2.13. The average molecular weight is 241 g/mol. The molecule has 0 amide bonds. The van der Waals surface area contributed by atoms with Gasteiger partial charge < -0.3 is 5.11 Å². The van der Waals surface area contributed by atoms with Crippen LogP contribution in [0.1, 0.15) is 17.9 Å². The van der Waals surface area contributed by atoms with Gasteiger partial charge in [0.2, 0.25) is 0 Å². The normalized spacial score (nSPS) is 31.3. The molecule has 0 radical (unpaired) electrons. The van der Waals surface area contributed by atoms with Crippen molar-refractivity contribution < 1.29 is 9.90 Å². The van der Waals surface area contributed by atoms with Crippen LogP contribution in [0.4, 0.5) is 0 Å². The van der Waals surface area contributed by atoms with E-state index in [9.17, 15) is 4.79 Å². The molecule has 0 saturated heterocycles. The predicted molar refractivity (Wildman–Crippen MR) is 53.1 cm³/mol. The van der Waals surface area contributed by atoms with Crippen molar-refractivity contribution in [3.05, 3.63) is 35.9 Å². The second kappa shape index (κ2) is 2.84. The van der Waals surface area contributed by atoms with Crippen LogP contribution in [0.15, 0.2) is 30.3 Å². The summed E-state index contributed by atoms with van der Waals surface area (Å²) in [6, 6.07) is 9.74. The maximum Gasteiger partial charge on any atom is 0.321 e. The molecule has 2 nitrogen and oxygen atoms in total. The largest absolute Gasteiger partial charge is 0.480 e. The number of carboxylic acid groups (broad SMARTS) is 1. The van der Waals surface area contributed by atoms with Crippen molar-refractivity contribution in [1.29, 1.82) is 0 Å². The summed E-state index contributed by atoms with van der Waals surface area (Å²) in [5.74, 6) is -0.632. The summed E-state index contributed by atoms with van der Waals surface area (Å²) >= 11 is 3.26. The third kappa shape index (κ3) is 1.37. The number of aliphatic carboxylic acids is 1. The first-order valence-electron chi connectivity index (χ1n) is 4.12. The fourth-order valence-electron chi connectivity index (χ4n) is 1.54. The molecule has 1 aliphatic carbocycles. The van der Waals surface area contributed by atoms with E-state index in [4.69, 9.17) is 5.11 Å². The van der Waals surface area contributed by atoms with E-state index >= 15 is 0 Å². The summed E-state index contributed by atoms with van der Waals surface area (Å²) in [7, 11) is 0. The van der Waals surface area contributed by atoms with Gasteiger partial charge >= 0.3 is 5.97 Å². The number of carboxylic acids is 1. The lowest BCUT2D eigenvalue weighted by atomic mass is 10.1. The summed E-state index contributed by atoms with van der Waals surface area (Å²) in [5.41, 5.74) is 1.10. The molecule has 2 unspecified atom stereocenters. The Hall–Kier alpha value is -0.830. The molecule has 1 aromatic rings. The standard InChI is InChI=1S/C10H9BrO2/c11-10(9(12)13)6-8(10)7-4-2-1-3-5-7/h1-5,8H,6H2,(H,12,13). The Balaban J connectivity index is 2.21. The third-order valence-electron chi connectivity index (χ3n) is 2.45. The Morgan fingerprint density at radius 1 is 1.46 bits per heavy atom. The zero-order valence-electron chi connectivity index (χ0n) is 6.90. The van der Waals surface area contributed by atoms with Gasteiger partial charge in [-0.25, -0.2) is 0 Å². The van der Waals surface area contributed by atoms with Crippen LogP contribution >= 0.6 is 15.9 Å². The van der Waals surface area contributed by atoms with Crippen LogP contribution in [0, 0.1) is 0 Å². The van der Waals surface area contributed by atoms with Crippen molar-refractivity contribution in [3.8, 4) is 0 Å². The summed E-state index contributed by atoms with van der Waals surface area (Å²) < 4.78 is -0.700. The Kier molecular flexibility index (Phi) is 1.91. The van der Waals surface area contributed by atoms with E-state index < -0.39 is 10.3 Å². The van der Waals surface area contributed by atoms with Crippen LogP contribution in [-0.2, 0) is 4.79 Å². The maximum atomic E-state index is 10.8. The van der Waals surface area contributed by atoms with Crippen molar-refractivity contribution in [2.75, 3.05) is 0 Å². The summed E-state index contributed by atoms with van der Waals surface area (Å²) in [4.78, 5) is 10.8. The maximum absolute atomic E-state index is 10.8. The molecular formula is C10H9BrO2. The zero-order valence-corrected chi connectivity index (χ0v) is 8.49. The molecule has 0 bridgehead atoms. The molecule has 2 rings (SSSR count). The summed E-state index contributed by atoms with van der Waals surface area (Å²) in [6.45, 7) is 0. The van der Waals surface area contributed by atoms with Crippen LogP contribution in [0.2, 0.25) is 0 Å². The molecule has 0 aromatic heterocycles. The van der Waals surface area contributed by atoms with E-state index in [1.54, 1.807) is 0 Å². The van der Waals surface area contributed by atoms with Crippen LogP contribution in [0.3, 0.4) is 0 Å².